The molecule has 0 radical (unpaired) electrons. The number of hydrogen-bond acceptors (Lipinski definition) is 3. The molecule has 0 aromatic carbocycles. The van der Waals surface area contributed by atoms with Crippen molar-refractivity contribution in [3.63, 3.8) is 0 Å². The van der Waals surface area contributed by atoms with Gasteiger partial charge in [-0.15, -0.1) is 0 Å². The zero-order valence-corrected chi connectivity index (χ0v) is 9.35. The molecule has 1 aliphatic rings. The van der Waals surface area contributed by atoms with Crippen LogP contribution in [0.2, 0.25) is 0 Å². The Bertz CT molecular complexity index is 317. The Morgan fingerprint density at radius 2 is 2.56 bits per heavy atom. The first-order valence-electron chi connectivity index (χ1n) is 5.79. The van der Waals surface area contributed by atoms with Gasteiger partial charge in [0.15, 0.2) is 0 Å². The quantitative estimate of drug-likeness (QED) is 0.754. The highest BCUT2D eigenvalue weighted by Gasteiger charge is 2.13. The topological polar surface area (TPSA) is 59.0 Å². The summed E-state index contributed by atoms with van der Waals surface area (Å²) >= 11 is 0. The fourth-order valence-corrected chi connectivity index (χ4v) is 1.95. The minimum atomic E-state index is 0.0364. The van der Waals surface area contributed by atoms with Gasteiger partial charge < -0.3 is 10.6 Å². The van der Waals surface area contributed by atoms with Gasteiger partial charge in [0.25, 0.3) is 0 Å². The molecule has 0 aliphatic carbocycles. The number of piperidine rings is 1. The smallest absolute Gasteiger partial charge is 0.241 e. The first-order chi connectivity index (χ1) is 7.84. The summed E-state index contributed by atoms with van der Waals surface area (Å²) in [5, 5.41) is 10.3. The minimum Gasteiger partial charge on any atom is -0.354 e. The van der Waals surface area contributed by atoms with E-state index in [0.717, 1.165) is 19.6 Å². The highest BCUT2D eigenvalue weighted by atomic mass is 16.2. The number of rotatable bonds is 4. The molecule has 0 saturated carbocycles. The second kappa shape index (κ2) is 5.65. The number of amides is 1. The third-order valence-corrected chi connectivity index (χ3v) is 2.85. The van der Waals surface area contributed by atoms with Gasteiger partial charge in [-0.05, 0) is 37.9 Å². The van der Waals surface area contributed by atoms with E-state index in [1.54, 1.807) is 17.1 Å². The molecule has 1 aliphatic heterocycles. The normalized spacial score (nSPS) is 20.6. The minimum absolute atomic E-state index is 0.0364. The number of hydrogen-bond donors (Lipinski definition) is 2. The van der Waals surface area contributed by atoms with Crippen molar-refractivity contribution in [2.75, 3.05) is 19.6 Å². The second-order valence-electron chi connectivity index (χ2n) is 4.22. The Labute approximate surface area is 95.2 Å². The molecule has 1 fully saturated rings. The molecule has 5 nitrogen and oxygen atoms in total. The van der Waals surface area contributed by atoms with E-state index < -0.39 is 0 Å². The van der Waals surface area contributed by atoms with E-state index in [-0.39, 0.29) is 5.91 Å². The van der Waals surface area contributed by atoms with Crippen LogP contribution in [0.15, 0.2) is 18.5 Å². The predicted molar refractivity (Wildman–Crippen MR) is 60.8 cm³/mol. The van der Waals surface area contributed by atoms with Crippen molar-refractivity contribution in [1.29, 1.82) is 0 Å². The molecule has 1 aromatic rings. The molecule has 88 valence electrons. The molecule has 5 heteroatoms. The van der Waals surface area contributed by atoms with Crippen molar-refractivity contribution in [2.45, 2.75) is 19.4 Å². The van der Waals surface area contributed by atoms with Crippen LogP contribution in [0.3, 0.4) is 0 Å². The van der Waals surface area contributed by atoms with Gasteiger partial charge in [0.05, 0.1) is 0 Å². The molecule has 0 spiro atoms. The monoisotopic (exact) mass is 222 g/mol. The largest absolute Gasteiger partial charge is 0.354 e. The average Bonchev–Trinajstić information content (AvgIpc) is 2.81. The Kier molecular flexibility index (Phi) is 3.93. The van der Waals surface area contributed by atoms with Crippen LogP contribution in [0.25, 0.3) is 0 Å². The summed E-state index contributed by atoms with van der Waals surface area (Å²) in [4.78, 5) is 11.6. The summed E-state index contributed by atoms with van der Waals surface area (Å²) in [7, 11) is 0. The average molecular weight is 222 g/mol. The van der Waals surface area contributed by atoms with E-state index in [2.05, 4.69) is 15.7 Å². The van der Waals surface area contributed by atoms with Crippen molar-refractivity contribution in [2.24, 2.45) is 5.92 Å². The standard InChI is InChI=1S/C11H18N4O/c16-11(9-15-6-2-5-14-15)13-8-10-3-1-4-12-7-10/h2,5-6,10,12H,1,3-4,7-9H2,(H,13,16). The van der Waals surface area contributed by atoms with Gasteiger partial charge in [0.2, 0.25) is 5.91 Å². The van der Waals surface area contributed by atoms with Crippen molar-refractivity contribution < 1.29 is 4.79 Å². The summed E-state index contributed by atoms with van der Waals surface area (Å²) in [6.07, 6.45) is 5.88. The molecule has 1 unspecified atom stereocenters. The van der Waals surface area contributed by atoms with Gasteiger partial charge in [-0.25, -0.2) is 0 Å². The zero-order chi connectivity index (χ0) is 11.2. The Hall–Kier alpha value is -1.36. The van der Waals surface area contributed by atoms with Gasteiger partial charge >= 0.3 is 0 Å². The number of nitrogens with one attached hydrogen (secondary N) is 2. The van der Waals surface area contributed by atoms with E-state index in [1.807, 2.05) is 6.07 Å². The van der Waals surface area contributed by atoms with Gasteiger partial charge in [-0.3, -0.25) is 9.48 Å². The van der Waals surface area contributed by atoms with Crippen LogP contribution >= 0.6 is 0 Å². The number of carbonyl (C=O) groups is 1. The molecule has 0 bridgehead atoms. The van der Waals surface area contributed by atoms with Crippen LogP contribution in [-0.2, 0) is 11.3 Å². The summed E-state index contributed by atoms with van der Waals surface area (Å²) in [5.41, 5.74) is 0. The van der Waals surface area contributed by atoms with E-state index in [1.165, 1.54) is 12.8 Å². The third-order valence-electron chi connectivity index (χ3n) is 2.85. The number of carbonyl (C=O) groups excluding carboxylic acids is 1. The van der Waals surface area contributed by atoms with E-state index >= 15 is 0 Å². The Morgan fingerprint density at radius 1 is 1.62 bits per heavy atom. The zero-order valence-electron chi connectivity index (χ0n) is 9.35. The lowest BCUT2D eigenvalue weighted by atomic mass is 10.00. The lowest BCUT2D eigenvalue weighted by Crippen LogP contribution is -2.39. The fourth-order valence-electron chi connectivity index (χ4n) is 1.95. The highest BCUT2D eigenvalue weighted by Crippen LogP contribution is 2.07. The highest BCUT2D eigenvalue weighted by molar-refractivity contribution is 5.75. The SMILES string of the molecule is O=C(Cn1cccn1)NCC1CCCNC1. The van der Waals surface area contributed by atoms with E-state index in [9.17, 15) is 4.79 Å². The van der Waals surface area contributed by atoms with Gasteiger partial charge in [0.1, 0.15) is 6.54 Å². The number of aromatic nitrogens is 2. The van der Waals surface area contributed by atoms with Crippen LogP contribution in [0.1, 0.15) is 12.8 Å². The summed E-state index contributed by atoms with van der Waals surface area (Å²) in [6.45, 7) is 3.21. The summed E-state index contributed by atoms with van der Waals surface area (Å²) < 4.78 is 1.63. The molecular weight excluding hydrogens is 204 g/mol. The van der Waals surface area contributed by atoms with Crippen molar-refractivity contribution in [1.82, 2.24) is 20.4 Å². The first-order valence-corrected chi connectivity index (χ1v) is 5.79. The lowest BCUT2D eigenvalue weighted by Gasteiger charge is -2.22. The van der Waals surface area contributed by atoms with Crippen LogP contribution in [-0.4, -0.2) is 35.3 Å². The molecule has 16 heavy (non-hydrogen) atoms. The second-order valence-corrected chi connectivity index (χ2v) is 4.22. The van der Waals surface area contributed by atoms with Gasteiger partial charge in [-0.2, -0.15) is 5.10 Å². The Balaban J connectivity index is 1.67. The molecule has 1 amide bonds. The van der Waals surface area contributed by atoms with Crippen molar-refractivity contribution in [3.8, 4) is 0 Å². The fraction of sp³-hybridized carbons (Fsp3) is 0.636. The van der Waals surface area contributed by atoms with Crippen LogP contribution in [0.5, 0.6) is 0 Å². The van der Waals surface area contributed by atoms with Gasteiger partial charge in [0, 0.05) is 18.9 Å². The molecule has 2 N–H and O–H groups in total. The van der Waals surface area contributed by atoms with Crippen molar-refractivity contribution in [3.05, 3.63) is 18.5 Å². The molecular formula is C11H18N4O. The predicted octanol–water partition coefficient (Wildman–Crippen LogP) is -0.00110. The molecule has 2 heterocycles. The number of nitrogens with zero attached hydrogens (tertiary/aromatic N) is 2. The third kappa shape index (κ3) is 3.34. The summed E-state index contributed by atoms with van der Waals surface area (Å²) in [5.74, 6) is 0.615. The van der Waals surface area contributed by atoms with Gasteiger partial charge in [-0.1, -0.05) is 0 Å². The van der Waals surface area contributed by atoms with E-state index in [4.69, 9.17) is 0 Å². The Morgan fingerprint density at radius 3 is 3.25 bits per heavy atom. The van der Waals surface area contributed by atoms with Crippen LogP contribution in [0.4, 0.5) is 0 Å². The van der Waals surface area contributed by atoms with Crippen LogP contribution < -0.4 is 10.6 Å². The maximum absolute atomic E-state index is 11.6. The molecule has 1 saturated heterocycles. The van der Waals surface area contributed by atoms with Crippen molar-refractivity contribution >= 4 is 5.91 Å². The molecule has 1 aromatic heterocycles. The molecule has 2 rings (SSSR count). The molecule has 1 atom stereocenters. The maximum Gasteiger partial charge on any atom is 0.241 e. The van der Waals surface area contributed by atoms with Crippen LogP contribution in [0, 0.1) is 5.92 Å². The lowest BCUT2D eigenvalue weighted by molar-refractivity contribution is -0.122. The first kappa shape index (κ1) is 11.1. The summed E-state index contributed by atoms with van der Waals surface area (Å²) in [6, 6.07) is 1.82. The van der Waals surface area contributed by atoms with E-state index in [0.29, 0.717) is 12.5 Å². The maximum atomic E-state index is 11.6.